The van der Waals surface area contributed by atoms with Crippen LogP contribution in [0.2, 0.25) is 0 Å². The summed E-state index contributed by atoms with van der Waals surface area (Å²) in [4.78, 5) is 11.9. The van der Waals surface area contributed by atoms with Gasteiger partial charge in [0, 0.05) is 0 Å². The molecule has 6 heteroatoms. The largest absolute Gasteiger partial charge is 0.467 e. The summed E-state index contributed by atoms with van der Waals surface area (Å²) in [5.41, 5.74) is 0.474. The Bertz CT molecular complexity index is 664. The SMILES string of the molecule is COC(=O)C(Nc1ccccc1F)c1ccc(Br)c(F)c1. The monoisotopic (exact) mass is 355 g/mol. The first-order valence-corrected chi connectivity index (χ1v) is 6.86. The topological polar surface area (TPSA) is 38.3 Å². The number of para-hydroxylation sites is 1. The van der Waals surface area contributed by atoms with Gasteiger partial charge in [-0.1, -0.05) is 18.2 Å². The molecule has 0 aliphatic carbocycles. The van der Waals surface area contributed by atoms with Crippen LogP contribution in [-0.4, -0.2) is 13.1 Å². The predicted octanol–water partition coefficient (Wildman–Crippen LogP) is 4.05. The molecule has 2 aromatic rings. The van der Waals surface area contributed by atoms with E-state index in [0.29, 0.717) is 5.56 Å². The van der Waals surface area contributed by atoms with Gasteiger partial charge in [0.2, 0.25) is 0 Å². The van der Waals surface area contributed by atoms with Crippen molar-refractivity contribution in [3.8, 4) is 0 Å². The van der Waals surface area contributed by atoms with Gasteiger partial charge in [-0.3, -0.25) is 0 Å². The van der Waals surface area contributed by atoms with Crippen molar-refractivity contribution in [3.63, 3.8) is 0 Å². The summed E-state index contributed by atoms with van der Waals surface area (Å²) >= 11 is 3.04. The van der Waals surface area contributed by atoms with E-state index in [2.05, 4.69) is 21.2 Å². The Kier molecular flexibility index (Phi) is 4.90. The number of ether oxygens (including phenoxy) is 1. The fraction of sp³-hybridized carbons (Fsp3) is 0.133. The molecule has 0 amide bonds. The summed E-state index contributed by atoms with van der Waals surface area (Å²) in [6, 6.07) is 9.13. The Hall–Kier alpha value is -1.95. The molecule has 0 aliphatic heterocycles. The molecule has 0 fully saturated rings. The second-order valence-corrected chi connectivity index (χ2v) is 5.11. The molecular weight excluding hydrogens is 344 g/mol. The smallest absolute Gasteiger partial charge is 0.332 e. The maximum absolute atomic E-state index is 13.7. The first kappa shape index (κ1) is 15.4. The zero-order chi connectivity index (χ0) is 15.4. The van der Waals surface area contributed by atoms with Crippen molar-refractivity contribution in [2.45, 2.75) is 6.04 Å². The number of methoxy groups -OCH3 is 1. The number of hydrogen-bond donors (Lipinski definition) is 1. The molecule has 3 nitrogen and oxygen atoms in total. The average molecular weight is 356 g/mol. The summed E-state index contributed by atoms with van der Waals surface area (Å²) in [7, 11) is 1.22. The van der Waals surface area contributed by atoms with Crippen molar-refractivity contribution in [3.05, 3.63) is 64.1 Å². The fourth-order valence-corrected chi connectivity index (χ4v) is 2.07. The highest BCUT2D eigenvalue weighted by Crippen LogP contribution is 2.26. The molecule has 0 saturated heterocycles. The quantitative estimate of drug-likeness (QED) is 0.840. The second kappa shape index (κ2) is 6.67. The van der Waals surface area contributed by atoms with E-state index in [4.69, 9.17) is 4.74 Å². The van der Waals surface area contributed by atoms with E-state index in [9.17, 15) is 13.6 Å². The summed E-state index contributed by atoms with van der Waals surface area (Å²) in [5, 5.41) is 2.73. The van der Waals surface area contributed by atoms with E-state index < -0.39 is 23.6 Å². The van der Waals surface area contributed by atoms with E-state index in [-0.39, 0.29) is 10.2 Å². The highest BCUT2D eigenvalue weighted by Gasteiger charge is 2.23. The van der Waals surface area contributed by atoms with E-state index in [0.717, 1.165) is 0 Å². The molecule has 0 saturated carbocycles. The van der Waals surface area contributed by atoms with Crippen LogP contribution in [0, 0.1) is 11.6 Å². The predicted molar refractivity (Wildman–Crippen MR) is 78.9 cm³/mol. The van der Waals surface area contributed by atoms with Crippen LogP contribution >= 0.6 is 15.9 Å². The molecule has 0 bridgehead atoms. The van der Waals surface area contributed by atoms with Crippen LogP contribution in [-0.2, 0) is 9.53 Å². The van der Waals surface area contributed by atoms with Crippen molar-refractivity contribution < 1.29 is 18.3 Å². The summed E-state index contributed by atoms with van der Waals surface area (Å²) in [5.74, 6) is -1.67. The molecule has 1 unspecified atom stereocenters. The first-order chi connectivity index (χ1) is 10.0. The van der Waals surface area contributed by atoms with Crippen molar-refractivity contribution in [1.82, 2.24) is 0 Å². The maximum Gasteiger partial charge on any atom is 0.332 e. The van der Waals surface area contributed by atoms with Gasteiger partial charge in [-0.25, -0.2) is 13.6 Å². The lowest BCUT2D eigenvalue weighted by atomic mass is 10.1. The summed E-state index contributed by atoms with van der Waals surface area (Å²) in [6.45, 7) is 0. The Balaban J connectivity index is 2.37. The Morgan fingerprint density at radius 2 is 1.90 bits per heavy atom. The number of rotatable bonds is 4. The van der Waals surface area contributed by atoms with Gasteiger partial charge < -0.3 is 10.1 Å². The zero-order valence-corrected chi connectivity index (χ0v) is 12.7. The van der Waals surface area contributed by atoms with E-state index in [1.165, 1.54) is 37.4 Å². The van der Waals surface area contributed by atoms with Gasteiger partial charge in [-0.15, -0.1) is 0 Å². The first-order valence-electron chi connectivity index (χ1n) is 6.06. The minimum absolute atomic E-state index is 0.135. The van der Waals surface area contributed by atoms with Crippen LogP contribution < -0.4 is 5.32 Å². The lowest BCUT2D eigenvalue weighted by Crippen LogP contribution is -2.23. The van der Waals surface area contributed by atoms with E-state index in [1.807, 2.05) is 0 Å². The Morgan fingerprint density at radius 3 is 2.52 bits per heavy atom. The van der Waals surface area contributed by atoms with Crippen molar-refractivity contribution in [2.24, 2.45) is 0 Å². The van der Waals surface area contributed by atoms with Crippen molar-refractivity contribution in [1.29, 1.82) is 0 Å². The molecule has 2 aromatic carbocycles. The third-order valence-corrected chi connectivity index (χ3v) is 3.53. The van der Waals surface area contributed by atoms with Gasteiger partial charge in [-0.2, -0.15) is 0 Å². The van der Waals surface area contributed by atoms with Gasteiger partial charge in [0.05, 0.1) is 17.3 Å². The van der Waals surface area contributed by atoms with Crippen LogP contribution in [0.15, 0.2) is 46.9 Å². The Labute approximate surface area is 129 Å². The highest BCUT2D eigenvalue weighted by molar-refractivity contribution is 9.10. The second-order valence-electron chi connectivity index (χ2n) is 4.25. The van der Waals surface area contributed by atoms with Gasteiger partial charge in [0.25, 0.3) is 0 Å². The average Bonchev–Trinajstić information content (AvgIpc) is 2.48. The fourth-order valence-electron chi connectivity index (χ4n) is 1.82. The van der Waals surface area contributed by atoms with Gasteiger partial charge >= 0.3 is 5.97 Å². The molecule has 0 heterocycles. The van der Waals surface area contributed by atoms with Gasteiger partial charge in [0.1, 0.15) is 11.6 Å². The van der Waals surface area contributed by atoms with Crippen LogP contribution in [0.1, 0.15) is 11.6 Å². The zero-order valence-electron chi connectivity index (χ0n) is 11.1. The molecule has 0 spiro atoms. The number of nitrogens with one attached hydrogen (secondary N) is 1. The molecular formula is C15H12BrF2NO2. The third kappa shape index (κ3) is 3.58. The number of hydrogen-bond acceptors (Lipinski definition) is 3. The van der Waals surface area contributed by atoms with Crippen LogP contribution in [0.25, 0.3) is 0 Å². The van der Waals surface area contributed by atoms with E-state index >= 15 is 0 Å². The molecule has 1 N–H and O–H groups in total. The normalized spacial score (nSPS) is 11.8. The van der Waals surface area contributed by atoms with E-state index in [1.54, 1.807) is 12.1 Å². The number of esters is 1. The Morgan fingerprint density at radius 1 is 1.19 bits per heavy atom. The molecule has 0 aliphatic rings. The number of carbonyl (C=O) groups excluding carboxylic acids is 1. The van der Waals surface area contributed by atoms with Gasteiger partial charge in [0.15, 0.2) is 6.04 Å². The third-order valence-electron chi connectivity index (χ3n) is 2.89. The van der Waals surface area contributed by atoms with Crippen molar-refractivity contribution in [2.75, 3.05) is 12.4 Å². The molecule has 2 rings (SSSR count). The lowest BCUT2D eigenvalue weighted by Gasteiger charge is -2.18. The standard InChI is InChI=1S/C15H12BrF2NO2/c1-21-15(20)14(9-6-7-10(16)12(18)8-9)19-13-5-3-2-4-11(13)17/h2-8,14,19H,1H3. The van der Waals surface area contributed by atoms with Gasteiger partial charge in [-0.05, 0) is 45.8 Å². The molecule has 0 aromatic heterocycles. The highest BCUT2D eigenvalue weighted by atomic mass is 79.9. The molecule has 1 atom stereocenters. The molecule has 21 heavy (non-hydrogen) atoms. The van der Waals surface area contributed by atoms with Crippen molar-refractivity contribution >= 4 is 27.6 Å². The minimum atomic E-state index is -1.01. The molecule has 0 radical (unpaired) electrons. The molecule has 110 valence electrons. The maximum atomic E-state index is 13.7. The minimum Gasteiger partial charge on any atom is -0.467 e. The number of anilines is 1. The summed E-state index contributed by atoms with van der Waals surface area (Å²) < 4.78 is 32.3. The van der Waals surface area contributed by atoms with Crippen LogP contribution in [0.3, 0.4) is 0 Å². The van der Waals surface area contributed by atoms with Crippen LogP contribution in [0.5, 0.6) is 0 Å². The number of halogens is 3. The lowest BCUT2D eigenvalue weighted by molar-refractivity contribution is -0.141. The van der Waals surface area contributed by atoms with Crippen LogP contribution in [0.4, 0.5) is 14.5 Å². The number of benzene rings is 2. The summed E-state index contributed by atoms with van der Waals surface area (Å²) in [6.07, 6.45) is 0. The number of carbonyl (C=O) groups is 1.